The van der Waals surface area contributed by atoms with Crippen LogP contribution in [-0.4, -0.2) is 63.9 Å². The topological polar surface area (TPSA) is 71.3 Å². The zero-order valence-electron chi connectivity index (χ0n) is 13.6. The van der Waals surface area contributed by atoms with Gasteiger partial charge >= 0.3 is 0 Å². The molecule has 2 aromatic rings. The van der Waals surface area contributed by atoms with Gasteiger partial charge in [-0.15, -0.1) is 5.10 Å². The molecule has 1 aromatic carbocycles. The highest BCUT2D eigenvalue weighted by molar-refractivity contribution is 5.78. The van der Waals surface area contributed by atoms with E-state index in [-0.39, 0.29) is 18.0 Å². The van der Waals surface area contributed by atoms with Crippen LogP contribution in [0.15, 0.2) is 29.1 Å². The number of likely N-dealkylation sites (N-methyl/N-ethyl adjacent to an activating group) is 1. The highest BCUT2D eigenvalue weighted by atomic mass is 16.2. The van der Waals surface area contributed by atoms with Crippen molar-refractivity contribution in [2.24, 2.45) is 5.92 Å². The van der Waals surface area contributed by atoms with Crippen LogP contribution < -0.4 is 5.56 Å². The van der Waals surface area contributed by atoms with Gasteiger partial charge in [0.05, 0.1) is 5.39 Å². The second kappa shape index (κ2) is 6.08. The fraction of sp³-hybridized carbons (Fsp3) is 0.500. The maximum Gasteiger partial charge on any atom is 0.278 e. The molecule has 1 fully saturated rings. The largest absolute Gasteiger partial charge is 0.339 e. The third kappa shape index (κ3) is 2.96. The first-order valence-electron chi connectivity index (χ1n) is 7.74. The first kappa shape index (κ1) is 15.6. The van der Waals surface area contributed by atoms with Crippen molar-refractivity contribution in [3.8, 4) is 0 Å². The molecule has 0 bridgehead atoms. The number of carbonyl (C=O) groups excluding carboxylic acids is 1. The fourth-order valence-corrected chi connectivity index (χ4v) is 3.18. The Kier molecular flexibility index (Phi) is 4.12. The Morgan fingerprint density at radius 3 is 2.74 bits per heavy atom. The van der Waals surface area contributed by atoms with Crippen LogP contribution in [0.5, 0.6) is 0 Å². The molecule has 0 radical (unpaired) electrons. The lowest BCUT2D eigenvalue weighted by Crippen LogP contribution is -2.38. The maximum atomic E-state index is 12.5. The number of rotatable bonds is 3. The first-order valence-corrected chi connectivity index (χ1v) is 7.74. The quantitative estimate of drug-likeness (QED) is 0.809. The molecule has 7 nitrogen and oxygen atoms in total. The summed E-state index contributed by atoms with van der Waals surface area (Å²) < 4.78 is 1.15. The number of nitrogens with zero attached hydrogens (tertiary/aromatic N) is 5. The average molecular weight is 315 g/mol. The van der Waals surface area contributed by atoms with Gasteiger partial charge in [-0.05, 0) is 32.1 Å². The van der Waals surface area contributed by atoms with Gasteiger partial charge in [0.25, 0.3) is 5.56 Å². The van der Waals surface area contributed by atoms with E-state index in [2.05, 4.69) is 22.1 Å². The predicted molar refractivity (Wildman–Crippen MR) is 87.0 cm³/mol. The molecule has 2 heterocycles. The third-order valence-electron chi connectivity index (χ3n) is 4.50. The smallest absolute Gasteiger partial charge is 0.278 e. The molecule has 1 aliphatic rings. The Morgan fingerprint density at radius 1 is 1.30 bits per heavy atom. The van der Waals surface area contributed by atoms with Gasteiger partial charge in [0.15, 0.2) is 0 Å². The van der Waals surface area contributed by atoms with E-state index in [1.54, 1.807) is 29.2 Å². The highest BCUT2D eigenvalue weighted by Crippen LogP contribution is 2.20. The van der Waals surface area contributed by atoms with Gasteiger partial charge in [0.1, 0.15) is 12.1 Å². The molecule has 1 saturated heterocycles. The second-order valence-corrected chi connectivity index (χ2v) is 6.38. The van der Waals surface area contributed by atoms with E-state index in [1.807, 2.05) is 14.1 Å². The summed E-state index contributed by atoms with van der Waals surface area (Å²) >= 11 is 0. The number of amides is 1. The van der Waals surface area contributed by atoms with E-state index in [9.17, 15) is 9.59 Å². The molecule has 0 unspecified atom stereocenters. The summed E-state index contributed by atoms with van der Waals surface area (Å²) in [7, 11) is 4.04. The van der Waals surface area contributed by atoms with Crippen molar-refractivity contribution in [1.82, 2.24) is 24.8 Å². The molecule has 3 rings (SSSR count). The predicted octanol–water partition coefficient (Wildman–Crippen LogP) is 0.200. The van der Waals surface area contributed by atoms with Crippen molar-refractivity contribution in [2.45, 2.75) is 19.5 Å². The van der Waals surface area contributed by atoms with Gasteiger partial charge in [-0.1, -0.05) is 24.3 Å². The Morgan fingerprint density at radius 2 is 2.04 bits per heavy atom. The summed E-state index contributed by atoms with van der Waals surface area (Å²) in [6.45, 7) is 3.46. The second-order valence-electron chi connectivity index (χ2n) is 6.38. The Labute approximate surface area is 134 Å². The van der Waals surface area contributed by atoms with E-state index >= 15 is 0 Å². The van der Waals surface area contributed by atoms with Crippen molar-refractivity contribution < 1.29 is 4.79 Å². The highest BCUT2D eigenvalue weighted by Gasteiger charge is 2.33. The molecule has 0 spiro atoms. The van der Waals surface area contributed by atoms with Gasteiger partial charge in [-0.3, -0.25) is 9.59 Å². The van der Waals surface area contributed by atoms with Crippen LogP contribution in [0, 0.1) is 5.92 Å². The standard InChI is InChI=1S/C16H21N5O2/c1-11-8-20(9-14(11)19(2)3)15(22)10-21-16(23)12-6-4-5-7-13(12)17-18-21/h4-7,11,14H,8-10H2,1-3H3/t11-,14+/m1/s1. The van der Waals surface area contributed by atoms with E-state index in [1.165, 1.54) is 0 Å². The summed E-state index contributed by atoms with van der Waals surface area (Å²) in [4.78, 5) is 28.8. The van der Waals surface area contributed by atoms with Crippen molar-refractivity contribution >= 4 is 16.8 Å². The lowest BCUT2D eigenvalue weighted by Gasteiger charge is -2.22. The van der Waals surface area contributed by atoms with Crippen LogP contribution in [0.1, 0.15) is 6.92 Å². The number of aromatic nitrogens is 3. The van der Waals surface area contributed by atoms with Crippen molar-refractivity contribution in [1.29, 1.82) is 0 Å². The van der Waals surface area contributed by atoms with Gasteiger partial charge in [-0.25, -0.2) is 4.68 Å². The number of hydrogen-bond donors (Lipinski definition) is 0. The van der Waals surface area contributed by atoms with Crippen LogP contribution in [0.2, 0.25) is 0 Å². The van der Waals surface area contributed by atoms with E-state index in [0.29, 0.717) is 36.0 Å². The maximum absolute atomic E-state index is 12.5. The van der Waals surface area contributed by atoms with Crippen LogP contribution in [0.4, 0.5) is 0 Å². The number of fused-ring (bicyclic) bond motifs is 1. The average Bonchev–Trinajstić information content (AvgIpc) is 2.92. The Bertz CT molecular complexity index is 785. The van der Waals surface area contributed by atoms with Crippen molar-refractivity contribution in [2.75, 3.05) is 27.2 Å². The van der Waals surface area contributed by atoms with E-state index in [0.717, 1.165) is 4.68 Å². The zero-order valence-corrected chi connectivity index (χ0v) is 13.6. The normalized spacial score (nSPS) is 21.3. The summed E-state index contributed by atoms with van der Waals surface area (Å²) in [5.74, 6) is 0.321. The molecule has 122 valence electrons. The molecular weight excluding hydrogens is 294 g/mol. The third-order valence-corrected chi connectivity index (χ3v) is 4.50. The SMILES string of the molecule is C[C@@H]1CN(C(=O)Cn2nnc3ccccc3c2=O)C[C@@H]1N(C)C. The molecule has 7 heteroatoms. The summed E-state index contributed by atoms with van der Waals surface area (Å²) in [6.07, 6.45) is 0. The van der Waals surface area contributed by atoms with Crippen LogP contribution in [0.3, 0.4) is 0 Å². The molecular formula is C16H21N5O2. The monoisotopic (exact) mass is 315 g/mol. The van der Waals surface area contributed by atoms with Crippen LogP contribution in [-0.2, 0) is 11.3 Å². The molecule has 1 aromatic heterocycles. The van der Waals surface area contributed by atoms with Gasteiger partial charge in [0, 0.05) is 19.1 Å². The van der Waals surface area contributed by atoms with E-state index < -0.39 is 0 Å². The lowest BCUT2D eigenvalue weighted by molar-refractivity contribution is -0.131. The van der Waals surface area contributed by atoms with Gasteiger partial charge in [0.2, 0.25) is 5.91 Å². The molecule has 2 atom stereocenters. The number of hydrogen-bond acceptors (Lipinski definition) is 5. The summed E-state index contributed by atoms with van der Waals surface area (Å²) in [5, 5.41) is 8.38. The molecule has 0 N–H and O–H groups in total. The Hall–Kier alpha value is -2.28. The van der Waals surface area contributed by atoms with Crippen molar-refractivity contribution in [3.63, 3.8) is 0 Å². The molecule has 1 aliphatic heterocycles. The zero-order chi connectivity index (χ0) is 16.6. The number of benzene rings is 1. The minimum absolute atomic E-state index is 0.0659. The molecule has 23 heavy (non-hydrogen) atoms. The Balaban J connectivity index is 1.79. The van der Waals surface area contributed by atoms with Crippen molar-refractivity contribution in [3.05, 3.63) is 34.6 Å². The first-order chi connectivity index (χ1) is 11.0. The fourth-order valence-electron chi connectivity index (χ4n) is 3.18. The number of likely N-dealkylation sites (tertiary alicyclic amines) is 1. The number of carbonyl (C=O) groups is 1. The summed E-state index contributed by atoms with van der Waals surface area (Å²) in [6, 6.07) is 7.37. The minimum atomic E-state index is -0.277. The lowest BCUT2D eigenvalue weighted by atomic mass is 10.1. The molecule has 1 amide bonds. The van der Waals surface area contributed by atoms with Crippen LogP contribution in [0.25, 0.3) is 10.9 Å². The summed E-state index contributed by atoms with van der Waals surface area (Å²) in [5.41, 5.74) is 0.268. The van der Waals surface area contributed by atoms with E-state index in [4.69, 9.17) is 0 Å². The van der Waals surface area contributed by atoms with Gasteiger partial charge in [-0.2, -0.15) is 0 Å². The van der Waals surface area contributed by atoms with Gasteiger partial charge < -0.3 is 9.80 Å². The molecule has 0 saturated carbocycles. The van der Waals surface area contributed by atoms with Crippen LogP contribution >= 0.6 is 0 Å². The minimum Gasteiger partial charge on any atom is -0.339 e. The molecule has 0 aliphatic carbocycles.